The Morgan fingerprint density at radius 3 is 2.96 bits per heavy atom. The van der Waals surface area contributed by atoms with Gasteiger partial charge in [0.15, 0.2) is 11.7 Å². The lowest BCUT2D eigenvalue weighted by atomic mass is 10.2. The minimum atomic E-state index is -0.550. The zero-order valence-corrected chi connectivity index (χ0v) is 12.8. The van der Waals surface area contributed by atoms with Gasteiger partial charge in [0, 0.05) is 25.7 Å². The van der Waals surface area contributed by atoms with Gasteiger partial charge in [0.25, 0.3) is 0 Å². The molecule has 0 saturated carbocycles. The molecule has 0 spiro atoms. The highest BCUT2D eigenvalue weighted by Crippen LogP contribution is 2.38. The number of nitrogens with zero attached hydrogens (tertiary/aromatic N) is 3. The number of hydrogen-bond acceptors (Lipinski definition) is 6. The highest BCUT2D eigenvalue weighted by Gasteiger charge is 2.34. The van der Waals surface area contributed by atoms with Crippen LogP contribution in [0.15, 0.2) is 17.3 Å². The summed E-state index contributed by atoms with van der Waals surface area (Å²) in [5.41, 5.74) is 6.10. The fraction of sp³-hybridized carbons (Fsp3) is 0.429. The number of rotatable bonds is 3. The van der Waals surface area contributed by atoms with Gasteiger partial charge in [0.05, 0.1) is 12.2 Å². The van der Waals surface area contributed by atoms with Gasteiger partial charge in [-0.05, 0) is 0 Å². The maximum atomic E-state index is 14.5. The highest BCUT2D eigenvalue weighted by molar-refractivity contribution is 6.02. The number of oxime groups is 1. The van der Waals surface area contributed by atoms with E-state index in [-0.39, 0.29) is 25.4 Å². The van der Waals surface area contributed by atoms with Gasteiger partial charge in [-0.2, -0.15) is 0 Å². The number of carbonyl (C=O) groups is 1. The number of likely N-dealkylation sites (N-methyl/N-ethyl adjacent to an activating group) is 1. The van der Waals surface area contributed by atoms with Crippen molar-refractivity contribution < 1.29 is 23.5 Å². The fourth-order valence-corrected chi connectivity index (χ4v) is 2.57. The SMILES string of the molecule is CON=C1COc2cc(N3CC(CN)OC3=O)cc(F)c2N1C. The van der Waals surface area contributed by atoms with E-state index in [2.05, 4.69) is 5.16 Å². The highest BCUT2D eigenvalue weighted by atomic mass is 19.1. The third-order valence-electron chi connectivity index (χ3n) is 3.74. The summed E-state index contributed by atoms with van der Waals surface area (Å²) < 4.78 is 25.2. The van der Waals surface area contributed by atoms with Gasteiger partial charge in [-0.25, -0.2) is 9.18 Å². The number of hydrogen-bond donors (Lipinski definition) is 1. The van der Waals surface area contributed by atoms with Crippen molar-refractivity contribution in [3.63, 3.8) is 0 Å². The number of halogens is 1. The summed E-state index contributed by atoms with van der Waals surface area (Å²) in [6.45, 7) is 0.627. The molecular formula is C14H17FN4O4. The molecule has 1 aromatic rings. The first-order valence-corrected chi connectivity index (χ1v) is 7.03. The molecule has 0 radical (unpaired) electrons. The number of fused-ring (bicyclic) bond motifs is 1. The van der Waals surface area contributed by atoms with Crippen LogP contribution in [0.4, 0.5) is 20.6 Å². The summed E-state index contributed by atoms with van der Waals surface area (Å²) in [7, 11) is 3.07. The van der Waals surface area contributed by atoms with Crippen LogP contribution in [0.3, 0.4) is 0 Å². The Kier molecular flexibility index (Phi) is 3.95. The number of nitrogens with two attached hydrogens (primary N) is 1. The molecule has 3 rings (SSSR count). The van der Waals surface area contributed by atoms with E-state index in [0.29, 0.717) is 17.3 Å². The Hall–Kier alpha value is -2.55. The molecule has 2 aliphatic rings. The van der Waals surface area contributed by atoms with Gasteiger partial charge in [0.1, 0.15) is 31.3 Å². The van der Waals surface area contributed by atoms with E-state index in [9.17, 15) is 9.18 Å². The number of amidine groups is 1. The van der Waals surface area contributed by atoms with Gasteiger partial charge in [-0.3, -0.25) is 4.90 Å². The standard InChI is InChI=1S/C14H17FN4O4/c1-18-12(17-21-2)7-22-11-4-8(3-10(15)13(11)18)19-6-9(5-16)23-14(19)20/h3-4,9H,5-7,16H2,1-2H3. The zero-order chi connectivity index (χ0) is 16.6. The lowest BCUT2D eigenvalue weighted by Gasteiger charge is -2.29. The second-order valence-electron chi connectivity index (χ2n) is 5.16. The van der Waals surface area contributed by atoms with Crippen LogP contribution >= 0.6 is 0 Å². The number of carbonyl (C=O) groups excluding carboxylic acids is 1. The smallest absolute Gasteiger partial charge is 0.414 e. The van der Waals surface area contributed by atoms with Gasteiger partial charge >= 0.3 is 6.09 Å². The quantitative estimate of drug-likeness (QED) is 0.831. The Balaban J connectivity index is 1.95. The molecule has 0 bridgehead atoms. The summed E-state index contributed by atoms with van der Waals surface area (Å²) in [6.07, 6.45) is -0.948. The fourth-order valence-electron chi connectivity index (χ4n) is 2.57. The minimum absolute atomic E-state index is 0.135. The molecule has 0 aliphatic carbocycles. The summed E-state index contributed by atoms with van der Waals surface area (Å²) >= 11 is 0. The van der Waals surface area contributed by atoms with Crippen molar-refractivity contribution in [3.05, 3.63) is 17.9 Å². The molecule has 1 unspecified atom stereocenters. The Bertz CT molecular complexity index is 666. The van der Waals surface area contributed by atoms with Crippen LogP contribution in [0.5, 0.6) is 5.75 Å². The molecule has 9 heteroatoms. The van der Waals surface area contributed by atoms with E-state index in [4.69, 9.17) is 20.0 Å². The molecule has 0 aromatic heterocycles. The number of anilines is 2. The molecule has 1 fully saturated rings. The van der Waals surface area contributed by atoms with Crippen molar-refractivity contribution in [1.29, 1.82) is 0 Å². The van der Waals surface area contributed by atoms with Crippen LogP contribution in [0.2, 0.25) is 0 Å². The summed E-state index contributed by atoms with van der Waals surface area (Å²) in [5.74, 6) is 0.226. The van der Waals surface area contributed by atoms with Crippen molar-refractivity contribution >= 4 is 23.3 Å². The van der Waals surface area contributed by atoms with E-state index in [0.717, 1.165) is 0 Å². The Labute approximate surface area is 132 Å². The summed E-state index contributed by atoms with van der Waals surface area (Å²) in [6, 6.07) is 2.85. The molecule has 1 atom stereocenters. The summed E-state index contributed by atoms with van der Waals surface area (Å²) in [5, 5.41) is 3.79. The molecule has 1 saturated heterocycles. The monoisotopic (exact) mass is 324 g/mol. The van der Waals surface area contributed by atoms with Crippen molar-refractivity contribution in [2.45, 2.75) is 6.10 Å². The van der Waals surface area contributed by atoms with Gasteiger partial charge in [0.2, 0.25) is 0 Å². The second kappa shape index (κ2) is 5.92. The first-order chi connectivity index (χ1) is 11.0. The van der Waals surface area contributed by atoms with Crippen LogP contribution in [-0.4, -0.2) is 51.9 Å². The number of cyclic esters (lactones) is 1. The third-order valence-corrected chi connectivity index (χ3v) is 3.74. The molecule has 2 heterocycles. The molecule has 8 nitrogen and oxygen atoms in total. The molecule has 124 valence electrons. The topological polar surface area (TPSA) is 89.6 Å². The van der Waals surface area contributed by atoms with Gasteiger partial charge in [-0.15, -0.1) is 0 Å². The Morgan fingerprint density at radius 1 is 1.52 bits per heavy atom. The zero-order valence-electron chi connectivity index (χ0n) is 12.8. The predicted octanol–water partition coefficient (Wildman–Crippen LogP) is 0.898. The van der Waals surface area contributed by atoms with Gasteiger partial charge in [-0.1, -0.05) is 5.16 Å². The first-order valence-electron chi connectivity index (χ1n) is 7.03. The number of ether oxygens (including phenoxy) is 2. The van der Waals surface area contributed by atoms with Crippen LogP contribution < -0.4 is 20.3 Å². The van der Waals surface area contributed by atoms with E-state index in [1.165, 1.54) is 18.1 Å². The van der Waals surface area contributed by atoms with Crippen molar-refractivity contribution in [2.75, 3.05) is 43.7 Å². The molecule has 23 heavy (non-hydrogen) atoms. The number of amides is 1. The molecule has 1 amide bonds. The van der Waals surface area contributed by atoms with Crippen LogP contribution in [0.25, 0.3) is 0 Å². The molecule has 1 aromatic carbocycles. The Morgan fingerprint density at radius 2 is 2.30 bits per heavy atom. The second-order valence-corrected chi connectivity index (χ2v) is 5.16. The molecule has 2 N–H and O–H groups in total. The van der Waals surface area contributed by atoms with Crippen LogP contribution in [0.1, 0.15) is 0 Å². The third kappa shape index (κ3) is 2.63. The van der Waals surface area contributed by atoms with E-state index < -0.39 is 18.0 Å². The lowest BCUT2D eigenvalue weighted by Crippen LogP contribution is -2.37. The van der Waals surface area contributed by atoms with Gasteiger partial charge < -0.3 is 24.9 Å². The van der Waals surface area contributed by atoms with E-state index >= 15 is 0 Å². The normalized spacial score (nSPS) is 22.0. The first kappa shape index (κ1) is 15.3. The van der Waals surface area contributed by atoms with E-state index in [1.807, 2.05) is 0 Å². The number of benzene rings is 1. The average molecular weight is 324 g/mol. The minimum Gasteiger partial charge on any atom is -0.483 e. The summed E-state index contributed by atoms with van der Waals surface area (Å²) in [4.78, 5) is 19.5. The molecular weight excluding hydrogens is 307 g/mol. The maximum Gasteiger partial charge on any atom is 0.414 e. The van der Waals surface area contributed by atoms with Crippen LogP contribution in [0, 0.1) is 5.82 Å². The maximum absolute atomic E-state index is 14.5. The van der Waals surface area contributed by atoms with Crippen molar-refractivity contribution in [1.82, 2.24) is 0 Å². The molecule has 2 aliphatic heterocycles. The average Bonchev–Trinajstić information content (AvgIpc) is 2.91. The largest absolute Gasteiger partial charge is 0.483 e. The van der Waals surface area contributed by atoms with Crippen molar-refractivity contribution in [2.24, 2.45) is 10.9 Å². The predicted molar refractivity (Wildman–Crippen MR) is 81.4 cm³/mol. The lowest BCUT2D eigenvalue weighted by molar-refractivity contribution is 0.145. The van der Waals surface area contributed by atoms with Crippen LogP contribution in [-0.2, 0) is 9.57 Å². The van der Waals surface area contributed by atoms with Crippen molar-refractivity contribution in [3.8, 4) is 5.75 Å². The van der Waals surface area contributed by atoms with E-state index in [1.54, 1.807) is 18.0 Å².